The molecule has 0 saturated heterocycles. The summed E-state index contributed by atoms with van der Waals surface area (Å²) in [6.45, 7) is 1.05. The molecule has 0 N–H and O–H groups in total. The van der Waals surface area contributed by atoms with Gasteiger partial charge in [0.15, 0.2) is 0 Å². The summed E-state index contributed by atoms with van der Waals surface area (Å²) in [7, 11) is 1.69. The average Bonchev–Trinajstić information content (AvgIpc) is 3.09. The maximum Gasteiger partial charge on any atom is 0.133 e. The van der Waals surface area contributed by atoms with Gasteiger partial charge in [-0.2, -0.15) is 0 Å². The fraction of sp³-hybridized carbons (Fsp3) is 0.375. The first-order valence-electron chi connectivity index (χ1n) is 10.1. The molecule has 1 heterocycles. The quantitative estimate of drug-likeness (QED) is 0.524. The summed E-state index contributed by atoms with van der Waals surface area (Å²) in [5, 5.41) is 0. The Morgan fingerprint density at radius 2 is 1.78 bits per heavy atom. The van der Waals surface area contributed by atoms with Gasteiger partial charge in [0.2, 0.25) is 0 Å². The van der Waals surface area contributed by atoms with Crippen LogP contribution in [0.1, 0.15) is 49.9 Å². The molecule has 0 aliphatic heterocycles. The smallest absolute Gasteiger partial charge is 0.133 e. The Morgan fingerprint density at radius 3 is 2.56 bits per heavy atom. The van der Waals surface area contributed by atoms with Gasteiger partial charge in [0, 0.05) is 6.54 Å². The van der Waals surface area contributed by atoms with Crippen LogP contribution in [0.25, 0.3) is 23.2 Å². The van der Waals surface area contributed by atoms with Crippen LogP contribution in [-0.2, 0) is 6.54 Å². The van der Waals surface area contributed by atoms with Gasteiger partial charge >= 0.3 is 0 Å². The summed E-state index contributed by atoms with van der Waals surface area (Å²) < 4.78 is 7.63. The fourth-order valence-electron chi connectivity index (χ4n) is 4.13. The Bertz CT molecular complexity index is 902. The molecule has 1 aliphatic rings. The van der Waals surface area contributed by atoms with Crippen LogP contribution in [0, 0.1) is 5.92 Å². The predicted octanol–water partition coefficient (Wildman–Crippen LogP) is 6.19. The lowest BCUT2D eigenvalue weighted by molar-refractivity contribution is 0.325. The summed E-state index contributed by atoms with van der Waals surface area (Å²) in [5.41, 5.74) is 3.47. The number of benzene rings is 2. The second kappa shape index (κ2) is 8.43. The van der Waals surface area contributed by atoms with Crippen molar-refractivity contribution >= 4 is 23.2 Å². The maximum absolute atomic E-state index is 5.24. The van der Waals surface area contributed by atoms with E-state index in [1.807, 2.05) is 12.1 Å². The third kappa shape index (κ3) is 4.24. The molecule has 27 heavy (non-hydrogen) atoms. The molecular formula is C24H28N2O. The molecule has 4 rings (SSSR count). The Morgan fingerprint density at radius 1 is 1.00 bits per heavy atom. The Kier molecular flexibility index (Phi) is 5.57. The van der Waals surface area contributed by atoms with Crippen LogP contribution >= 0.6 is 0 Å². The van der Waals surface area contributed by atoms with Crippen LogP contribution in [0.15, 0.2) is 48.5 Å². The zero-order chi connectivity index (χ0) is 18.5. The van der Waals surface area contributed by atoms with Crippen molar-refractivity contribution in [2.75, 3.05) is 7.11 Å². The lowest BCUT2D eigenvalue weighted by atomic mass is 9.87. The predicted molar refractivity (Wildman–Crippen MR) is 113 cm³/mol. The highest BCUT2D eigenvalue weighted by Crippen LogP contribution is 2.28. The molecule has 2 aromatic carbocycles. The molecular weight excluding hydrogens is 332 g/mol. The first-order valence-corrected chi connectivity index (χ1v) is 10.1. The van der Waals surface area contributed by atoms with Gasteiger partial charge in [-0.1, -0.05) is 62.4 Å². The highest BCUT2D eigenvalue weighted by Gasteiger charge is 2.15. The number of hydrogen-bond donors (Lipinski definition) is 0. The van der Waals surface area contributed by atoms with E-state index in [0.717, 1.165) is 35.1 Å². The van der Waals surface area contributed by atoms with Gasteiger partial charge in [-0.15, -0.1) is 0 Å². The first kappa shape index (κ1) is 17.8. The van der Waals surface area contributed by atoms with Gasteiger partial charge < -0.3 is 9.30 Å². The number of methoxy groups -OCH3 is 1. The van der Waals surface area contributed by atoms with E-state index in [1.54, 1.807) is 7.11 Å². The number of fused-ring (bicyclic) bond motifs is 1. The Balaban J connectivity index is 1.57. The SMILES string of the molecule is COc1ccc(/C=C/c2nc3ccccc3n2CCC2CCCCC2)cc1. The first-order chi connectivity index (χ1) is 13.3. The number of ether oxygens (including phenoxy) is 1. The van der Waals surface area contributed by atoms with E-state index in [-0.39, 0.29) is 0 Å². The number of hydrogen-bond acceptors (Lipinski definition) is 2. The van der Waals surface area contributed by atoms with Gasteiger partial charge in [-0.3, -0.25) is 0 Å². The van der Waals surface area contributed by atoms with Crippen molar-refractivity contribution in [3.8, 4) is 5.75 Å². The van der Waals surface area contributed by atoms with E-state index in [2.05, 4.69) is 53.1 Å². The topological polar surface area (TPSA) is 27.1 Å². The van der Waals surface area contributed by atoms with E-state index in [0.29, 0.717) is 0 Å². The maximum atomic E-state index is 5.24. The number of rotatable bonds is 6. The summed E-state index contributed by atoms with van der Waals surface area (Å²) in [4.78, 5) is 4.88. The monoisotopic (exact) mass is 360 g/mol. The van der Waals surface area contributed by atoms with Crippen LogP contribution in [0.5, 0.6) is 5.75 Å². The van der Waals surface area contributed by atoms with Gasteiger partial charge in [0.25, 0.3) is 0 Å². The molecule has 0 radical (unpaired) electrons. The fourth-order valence-corrected chi connectivity index (χ4v) is 4.13. The molecule has 1 saturated carbocycles. The van der Waals surface area contributed by atoms with Gasteiger partial charge in [0.05, 0.1) is 18.1 Å². The van der Waals surface area contributed by atoms with Crippen molar-refractivity contribution in [3.63, 3.8) is 0 Å². The molecule has 140 valence electrons. The summed E-state index contributed by atoms with van der Waals surface area (Å²) >= 11 is 0. The van der Waals surface area contributed by atoms with Crippen molar-refractivity contribution in [1.82, 2.24) is 9.55 Å². The molecule has 0 bridgehead atoms. The largest absolute Gasteiger partial charge is 0.497 e. The van der Waals surface area contributed by atoms with Crippen LogP contribution in [0.3, 0.4) is 0 Å². The van der Waals surface area contributed by atoms with E-state index in [9.17, 15) is 0 Å². The number of aromatic nitrogens is 2. The van der Waals surface area contributed by atoms with Crippen LogP contribution in [-0.4, -0.2) is 16.7 Å². The van der Waals surface area contributed by atoms with Crippen LogP contribution in [0.2, 0.25) is 0 Å². The van der Waals surface area contributed by atoms with Crippen molar-refractivity contribution in [1.29, 1.82) is 0 Å². The molecule has 0 unspecified atom stereocenters. The van der Waals surface area contributed by atoms with E-state index < -0.39 is 0 Å². The van der Waals surface area contributed by atoms with Crippen molar-refractivity contribution in [3.05, 3.63) is 59.9 Å². The lowest BCUT2D eigenvalue weighted by Crippen LogP contribution is -2.11. The Labute approximate surface area is 161 Å². The number of nitrogens with zero attached hydrogens (tertiary/aromatic N) is 2. The third-order valence-electron chi connectivity index (χ3n) is 5.71. The normalized spacial score (nSPS) is 15.6. The van der Waals surface area contributed by atoms with E-state index >= 15 is 0 Å². The molecule has 0 amide bonds. The average molecular weight is 361 g/mol. The summed E-state index contributed by atoms with van der Waals surface area (Å²) in [6, 6.07) is 16.6. The zero-order valence-electron chi connectivity index (χ0n) is 16.1. The highest BCUT2D eigenvalue weighted by atomic mass is 16.5. The highest BCUT2D eigenvalue weighted by molar-refractivity contribution is 5.79. The number of para-hydroxylation sites is 2. The Hall–Kier alpha value is -2.55. The number of aryl methyl sites for hydroxylation is 1. The molecule has 1 aliphatic carbocycles. The van der Waals surface area contributed by atoms with Crippen molar-refractivity contribution in [2.45, 2.75) is 45.1 Å². The summed E-state index contributed by atoms with van der Waals surface area (Å²) in [5.74, 6) is 2.80. The third-order valence-corrected chi connectivity index (χ3v) is 5.71. The number of imidazole rings is 1. The van der Waals surface area contributed by atoms with Crippen LogP contribution < -0.4 is 4.74 Å². The summed E-state index contributed by atoms with van der Waals surface area (Å²) in [6.07, 6.45) is 12.5. The van der Waals surface area contributed by atoms with Gasteiger partial charge in [-0.25, -0.2) is 4.98 Å². The van der Waals surface area contributed by atoms with Gasteiger partial charge in [-0.05, 0) is 48.2 Å². The van der Waals surface area contributed by atoms with Crippen molar-refractivity contribution < 1.29 is 4.74 Å². The van der Waals surface area contributed by atoms with Crippen molar-refractivity contribution in [2.24, 2.45) is 5.92 Å². The molecule has 3 heteroatoms. The van der Waals surface area contributed by atoms with Gasteiger partial charge in [0.1, 0.15) is 11.6 Å². The molecule has 3 nitrogen and oxygen atoms in total. The van der Waals surface area contributed by atoms with E-state index in [4.69, 9.17) is 9.72 Å². The van der Waals surface area contributed by atoms with Crippen LogP contribution in [0.4, 0.5) is 0 Å². The second-order valence-corrected chi connectivity index (χ2v) is 7.51. The van der Waals surface area contributed by atoms with E-state index in [1.165, 1.54) is 44.0 Å². The second-order valence-electron chi connectivity index (χ2n) is 7.51. The lowest BCUT2D eigenvalue weighted by Gasteiger charge is -2.22. The molecule has 0 atom stereocenters. The minimum atomic E-state index is 0.873. The molecule has 1 fully saturated rings. The molecule has 0 spiro atoms. The minimum absolute atomic E-state index is 0.873. The molecule has 1 aromatic heterocycles. The minimum Gasteiger partial charge on any atom is -0.497 e. The molecule has 3 aromatic rings. The zero-order valence-corrected chi connectivity index (χ0v) is 16.1. The standard InChI is InChI=1S/C24H28N2O/c1-27-21-14-11-20(12-15-21)13-16-24-25-22-9-5-6-10-23(22)26(24)18-17-19-7-3-2-4-8-19/h5-6,9-16,19H,2-4,7-8,17-18H2,1H3/b16-13+.